The van der Waals surface area contributed by atoms with Crippen molar-refractivity contribution in [2.75, 3.05) is 27.2 Å². The molecule has 2 aliphatic heterocycles. The molecule has 13 nitrogen and oxygen atoms in total. The summed E-state index contributed by atoms with van der Waals surface area (Å²) >= 11 is 0. The van der Waals surface area contributed by atoms with Crippen LogP contribution >= 0.6 is 0 Å². The van der Waals surface area contributed by atoms with Crippen LogP contribution in [0.5, 0.6) is 0 Å². The average Bonchev–Trinajstić information content (AvgIpc) is 3.56. The van der Waals surface area contributed by atoms with Gasteiger partial charge in [-0.05, 0) is 74.3 Å². The summed E-state index contributed by atoms with van der Waals surface area (Å²) in [4.78, 5) is 95.7. The molecule has 0 aromatic carbocycles. The second-order valence-electron chi connectivity index (χ2n) is 16.3. The third kappa shape index (κ3) is 11.5. The van der Waals surface area contributed by atoms with E-state index in [0.717, 1.165) is 0 Å². The van der Waals surface area contributed by atoms with Gasteiger partial charge < -0.3 is 30.2 Å². The Kier molecular flexibility index (Phi) is 15.6. The summed E-state index contributed by atoms with van der Waals surface area (Å²) in [5.74, 6) is -2.45. The van der Waals surface area contributed by atoms with Gasteiger partial charge in [0.05, 0.1) is 12.2 Å². The Morgan fingerprint density at radius 3 is 1.81 bits per heavy atom. The molecule has 2 N–H and O–H groups in total. The van der Waals surface area contributed by atoms with E-state index in [9.17, 15) is 28.8 Å². The number of aromatic nitrogens is 1. The van der Waals surface area contributed by atoms with Gasteiger partial charge in [-0.1, -0.05) is 61.5 Å². The van der Waals surface area contributed by atoms with Crippen LogP contribution < -0.4 is 10.6 Å². The lowest BCUT2D eigenvalue weighted by Gasteiger charge is -2.38. The molecule has 290 valence electrons. The fraction of sp³-hybridized carbons (Fsp3) is 0.718. The molecule has 2 aliphatic rings. The molecule has 52 heavy (non-hydrogen) atoms. The molecule has 2 saturated heterocycles. The predicted molar refractivity (Wildman–Crippen MR) is 199 cm³/mol. The first-order valence-electron chi connectivity index (χ1n) is 19.0. The van der Waals surface area contributed by atoms with E-state index in [2.05, 4.69) is 15.6 Å². The van der Waals surface area contributed by atoms with Crippen molar-refractivity contribution in [2.24, 2.45) is 23.7 Å². The number of likely N-dealkylation sites (N-methyl/N-ethyl adjacent to an activating group) is 2. The van der Waals surface area contributed by atoms with Gasteiger partial charge in [-0.3, -0.25) is 33.8 Å². The number of hydrogen-bond acceptors (Lipinski definition) is 7. The number of fused-ring (bicyclic) bond motifs is 1. The van der Waals surface area contributed by atoms with Gasteiger partial charge in [0.25, 0.3) is 0 Å². The number of carbonyl (C=O) groups excluding carboxylic acids is 6. The minimum atomic E-state index is -0.966. The monoisotopic (exact) mass is 725 g/mol. The van der Waals surface area contributed by atoms with Gasteiger partial charge in [0.15, 0.2) is 0 Å². The summed E-state index contributed by atoms with van der Waals surface area (Å²) in [6, 6.07) is 0.752. The van der Waals surface area contributed by atoms with Crippen LogP contribution in [-0.2, 0) is 35.3 Å². The highest BCUT2D eigenvalue weighted by molar-refractivity contribution is 5.97. The van der Waals surface area contributed by atoms with Crippen molar-refractivity contribution in [3.05, 3.63) is 30.1 Å². The highest BCUT2D eigenvalue weighted by Gasteiger charge is 2.43. The molecule has 2 fully saturated rings. The zero-order valence-electron chi connectivity index (χ0n) is 33.1. The second kappa shape index (κ2) is 19.2. The maximum Gasteiger partial charge on any atom is 0.246 e. The van der Waals surface area contributed by atoms with Gasteiger partial charge >= 0.3 is 0 Å². The summed E-state index contributed by atoms with van der Waals surface area (Å²) in [7, 11) is 3.15. The minimum absolute atomic E-state index is 0.0182. The van der Waals surface area contributed by atoms with Crippen LogP contribution in [0, 0.1) is 23.7 Å². The van der Waals surface area contributed by atoms with E-state index in [-0.39, 0.29) is 48.6 Å². The molecule has 0 radical (unpaired) electrons. The Bertz CT molecular complexity index is 1400. The van der Waals surface area contributed by atoms with E-state index in [0.29, 0.717) is 50.8 Å². The maximum absolute atomic E-state index is 14.4. The number of carbonyl (C=O) groups is 6. The molecule has 3 rings (SSSR count). The molecular weight excluding hydrogens is 662 g/mol. The summed E-state index contributed by atoms with van der Waals surface area (Å²) in [5.41, 5.74) is 0.566. The normalized spacial score (nSPS) is 24.9. The number of nitrogens with zero attached hydrogens (tertiary/aromatic N) is 5. The summed E-state index contributed by atoms with van der Waals surface area (Å²) in [6.45, 7) is 15.6. The molecule has 0 unspecified atom stereocenters. The van der Waals surface area contributed by atoms with Gasteiger partial charge in [-0.2, -0.15) is 0 Å². The quantitative estimate of drug-likeness (QED) is 0.376. The first kappa shape index (κ1) is 42.4. The molecule has 0 bridgehead atoms. The van der Waals surface area contributed by atoms with Crippen LogP contribution in [0.3, 0.4) is 0 Å². The largest absolute Gasteiger partial charge is 0.343 e. The van der Waals surface area contributed by atoms with Gasteiger partial charge in [-0.15, -0.1) is 0 Å². The highest BCUT2D eigenvalue weighted by Crippen LogP contribution is 2.25. The van der Waals surface area contributed by atoms with Crippen LogP contribution in [0.25, 0.3) is 0 Å². The lowest BCUT2D eigenvalue weighted by molar-refractivity contribution is -0.151. The van der Waals surface area contributed by atoms with E-state index < -0.39 is 53.8 Å². The molecule has 6 amide bonds. The standard InChI is InChI=1S/C39H63N7O6/c1-24(2)18-29-36(49)44(10)33(21-27(7)8)38(51)43(9)32(20-26(5)6)35(48)42-30(19-25(3)4)37(50)46-17-13-15-31(46)39(52)45(23-34(47)41-29)22-28-14-11-12-16-40-28/h11-12,14,16,24-27,29-33H,13,15,17-23H2,1-10H3,(H,41,47)(H,42,48)/t29-,30-,31+,32-,33+/m0/s1. The smallest absolute Gasteiger partial charge is 0.246 e. The summed E-state index contributed by atoms with van der Waals surface area (Å²) in [5, 5.41) is 5.89. The van der Waals surface area contributed by atoms with Gasteiger partial charge in [0.2, 0.25) is 35.4 Å². The third-order valence-electron chi connectivity index (χ3n) is 9.82. The predicted octanol–water partition coefficient (Wildman–Crippen LogP) is 3.22. The van der Waals surface area contributed by atoms with Crippen LogP contribution in [-0.4, -0.2) is 117 Å². The summed E-state index contributed by atoms with van der Waals surface area (Å²) in [6.07, 6.45) is 3.90. The average molecular weight is 726 g/mol. The second-order valence-corrected chi connectivity index (χ2v) is 16.3. The van der Waals surface area contributed by atoms with Crippen molar-refractivity contribution in [3.63, 3.8) is 0 Å². The fourth-order valence-electron chi connectivity index (χ4n) is 7.21. The van der Waals surface area contributed by atoms with Crippen molar-refractivity contribution in [1.29, 1.82) is 0 Å². The van der Waals surface area contributed by atoms with Gasteiger partial charge in [-0.25, -0.2) is 0 Å². The lowest BCUT2D eigenvalue weighted by Crippen LogP contribution is -2.61. The van der Waals surface area contributed by atoms with Crippen LogP contribution in [0.1, 0.15) is 99.6 Å². The molecule has 0 spiro atoms. The first-order valence-corrected chi connectivity index (χ1v) is 19.0. The number of nitrogens with one attached hydrogen (secondary N) is 2. The van der Waals surface area contributed by atoms with Crippen molar-refractivity contribution in [2.45, 2.75) is 131 Å². The Morgan fingerprint density at radius 2 is 1.25 bits per heavy atom. The topological polar surface area (TPSA) is 152 Å². The van der Waals surface area contributed by atoms with Crippen LogP contribution in [0.15, 0.2) is 24.4 Å². The van der Waals surface area contributed by atoms with Crippen molar-refractivity contribution >= 4 is 35.4 Å². The Hall–Kier alpha value is -4.03. The fourth-order valence-corrected chi connectivity index (χ4v) is 7.21. The van der Waals surface area contributed by atoms with Crippen LogP contribution in [0.4, 0.5) is 0 Å². The summed E-state index contributed by atoms with van der Waals surface area (Å²) < 4.78 is 0. The first-order chi connectivity index (χ1) is 24.4. The van der Waals surface area contributed by atoms with Crippen molar-refractivity contribution in [1.82, 2.24) is 35.2 Å². The molecule has 13 heteroatoms. The maximum atomic E-state index is 14.4. The van der Waals surface area contributed by atoms with E-state index in [1.807, 2.05) is 55.4 Å². The lowest BCUT2D eigenvalue weighted by atomic mass is 9.96. The molecular formula is C39H63N7O6. The Balaban J connectivity index is 2.18. The van der Waals surface area contributed by atoms with Crippen molar-refractivity contribution in [3.8, 4) is 0 Å². The minimum Gasteiger partial charge on any atom is -0.343 e. The number of hydrogen-bond donors (Lipinski definition) is 2. The van der Waals surface area contributed by atoms with Gasteiger partial charge in [0, 0.05) is 26.8 Å². The van der Waals surface area contributed by atoms with E-state index in [1.54, 1.807) is 38.5 Å². The number of pyridine rings is 1. The molecule has 0 aliphatic carbocycles. The SMILES string of the molecule is CC(C)C[C@@H]1NC(=O)CN(Cc2ccccn2)C(=O)[C@H]2CCCN2C(=O)[C@H](CC(C)C)NC(=O)[C@H](CC(C)C)N(C)C(=O)[C@@H](CC(C)C)N(C)C1=O. The third-order valence-corrected chi connectivity index (χ3v) is 9.82. The highest BCUT2D eigenvalue weighted by atomic mass is 16.2. The molecule has 3 heterocycles. The Labute approximate surface area is 310 Å². The van der Waals surface area contributed by atoms with Crippen molar-refractivity contribution < 1.29 is 28.8 Å². The van der Waals surface area contributed by atoms with E-state index >= 15 is 0 Å². The Morgan fingerprint density at radius 1 is 0.692 bits per heavy atom. The van der Waals surface area contributed by atoms with E-state index in [4.69, 9.17) is 0 Å². The molecule has 0 saturated carbocycles. The molecule has 1 aromatic rings. The van der Waals surface area contributed by atoms with E-state index in [1.165, 1.54) is 19.6 Å². The van der Waals surface area contributed by atoms with Crippen LogP contribution in [0.2, 0.25) is 0 Å². The number of amides is 6. The zero-order chi connectivity index (χ0) is 38.9. The zero-order valence-corrected chi connectivity index (χ0v) is 33.1. The number of rotatable bonds is 10. The van der Waals surface area contributed by atoms with Gasteiger partial charge in [0.1, 0.15) is 36.8 Å². The molecule has 5 atom stereocenters. The molecule has 1 aromatic heterocycles.